The zero-order chi connectivity index (χ0) is 22.1. The van der Waals surface area contributed by atoms with Gasteiger partial charge < -0.3 is 0 Å². The van der Waals surface area contributed by atoms with Crippen molar-refractivity contribution in [2.75, 3.05) is 4.72 Å². The molecule has 31 heavy (non-hydrogen) atoms. The van der Waals surface area contributed by atoms with Gasteiger partial charge in [-0.05, 0) is 41.3 Å². The monoisotopic (exact) mass is 463 g/mol. The Morgan fingerprint density at radius 2 is 1.68 bits per heavy atom. The fraction of sp³-hybridized carbons (Fsp3) is 0.0952. The number of anilines is 1. The van der Waals surface area contributed by atoms with E-state index in [0.29, 0.717) is 11.4 Å². The number of thiophene rings is 1. The van der Waals surface area contributed by atoms with Crippen LogP contribution in [-0.2, 0) is 22.7 Å². The molecule has 0 fully saturated rings. The summed E-state index contributed by atoms with van der Waals surface area (Å²) in [5, 5.41) is 6.27. The van der Waals surface area contributed by atoms with E-state index in [9.17, 15) is 21.6 Å². The maximum absolute atomic E-state index is 13.1. The summed E-state index contributed by atoms with van der Waals surface area (Å²) < 4.78 is 68.3. The third-order valence-electron chi connectivity index (χ3n) is 4.42. The maximum Gasteiger partial charge on any atom is 0.416 e. The van der Waals surface area contributed by atoms with E-state index in [0.717, 1.165) is 29.8 Å². The van der Waals surface area contributed by atoms with E-state index >= 15 is 0 Å². The first-order chi connectivity index (χ1) is 14.7. The molecular weight excluding hydrogens is 447 g/mol. The van der Waals surface area contributed by atoms with Crippen LogP contribution in [0.25, 0.3) is 10.6 Å². The molecule has 1 N–H and O–H groups in total. The van der Waals surface area contributed by atoms with Gasteiger partial charge in [0.25, 0.3) is 10.0 Å². The van der Waals surface area contributed by atoms with Crippen LogP contribution in [0.5, 0.6) is 0 Å². The Bertz CT molecular complexity index is 1270. The normalized spacial score (nSPS) is 12.1. The second-order valence-electron chi connectivity index (χ2n) is 6.68. The minimum absolute atomic E-state index is 0.0286. The molecule has 0 amide bonds. The van der Waals surface area contributed by atoms with E-state index in [2.05, 4.69) is 9.82 Å². The molecule has 0 bridgehead atoms. The predicted molar refractivity (Wildman–Crippen MR) is 113 cm³/mol. The average molecular weight is 464 g/mol. The van der Waals surface area contributed by atoms with E-state index in [1.54, 1.807) is 12.1 Å². The van der Waals surface area contributed by atoms with Gasteiger partial charge in [-0.3, -0.25) is 9.40 Å². The van der Waals surface area contributed by atoms with E-state index in [1.807, 2.05) is 35.7 Å². The van der Waals surface area contributed by atoms with Crippen molar-refractivity contribution in [2.45, 2.75) is 17.6 Å². The minimum Gasteiger partial charge on any atom is -0.280 e. The van der Waals surface area contributed by atoms with E-state index < -0.39 is 21.8 Å². The number of rotatable bonds is 6. The second-order valence-corrected chi connectivity index (χ2v) is 9.28. The molecule has 0 saturated heterocycles. The number of hydrogen-bond acceptors (Lipinski definition) is 4. The van der Waals surface area contributed by atoms with Crippen LogP contribution in [0.1, 0.15) is 11.1 Å². The summed E-state index contributed by atoms with van der Waals surface area (Å²) >= 11 is 1.34. The van der Waals surface area contributed by atoms with Crippen molar-refractivity contribution in [1.82, 2.24) is 9.78 Å². The average Bonchev–Trinajstić information content (AvgIpc) is 3.38. The first kappa shape index (κ1) is 21.1. The van der Waals surface area contributed by atoms with Crippen LogP contribution in [0.2, 0.25) is 0 Å². The lowest BCUT2D eigenvalue weighted by Crippen LogP contribution is -2.13. The molecule has 0 aliphatic heterocycles. The standard InChI is InChI=1S/C21H16F3N3O2S2/c22-21(23,24)16-8-10-17(11-9-16)26-31(28,29)19-14-27(13-15-5-2-1-3-6-15)25-20(19)18-7-4-12-30-18/h1-12,14,26H,13H2. The Kier molecular flexibility index (Phi) is 5.59. The van der Waals surface area contributed by atoms with E-state index in [-0.39, 0.29) is 16.3 Å². The van der Waals surface area contributed by atoms with Crippen LogP contribution in [0.3, 0.4) is 0 Å². The Morgan fingerprint density at radius 1 is 0.968 bits per heavy atom. The molecular formula is C21H16F3N3O2S2. The van der Waals surface area contributed by atoms with Gasteiger partial charge in [-0.1, -0.05) is 36.4 Å². The molecule has 4 rings (SSSR count). The van der Waals surface area contributed by atoms with Crippen LogP contribution < -0.4 is 4.72 Å². The third kappa shape index (κ3) is 4.80. The number of aromatic nitrogens is 2. The van der Waals surface area contributed by atoms with Crippen LogP contribution in [-0.4, -0.2) is 18.2 Å². The van der Waals surface area contributed by atoms with Gasteiger partial charge in [-0.25, -0.2) is 8.42 Å². The van der Waals surface area contributed by atoms with E-state index in [1.165, 1.54) is 22.2 Å². The maximum atomic E-state index is 13.1. The molecule has 0 aliphatic rings. The molecule has 2 aromatic heterocycles. The summed E-state index contributed by atoms with van der Waals surface area (Å²) in [6.07, 6.45) is -3.07. The van der Waals surface area contributed by atoms with Gasteiger partial charge in [-0.2, -0.15) is 18.3 Å². The van der Waals surface area contributed by atoms with Gasteiger partial charge in [-0.15, -0.1) is 11.3 Å². The van der Waals surface area contributed by atoms with Crippen molar-refractivity contribution in [3.63, 3.8) is 0 Å². The van der Waals surface area contributed by atoms with Gasteiger partial charge in [0.2, 0.25) is 0 Å². The number of hydrogen-bond donors (Lipinski definition) is 1. The molecule has 10 heteroatoms. The zero-order valence-electron chi connectivity index (χ0n) is 15.9. The molecule has 5 nitrogen and oxygen atoms in total. The van der Waals surface area contributed by atoms with Gasteiger partial charge >= 0.3 is 6.18 Å². The lowest BCUT2D eigenvalue weighted by atomic mass is 10.2. The molecule has 0 unspecified atom stereocenters. The lowest BCUT2D eigenvalue weighted by Gasteiger charge is -2.10. The smallest absolute Gasteiger partial charge is 0.280 e. The van der Waals surface area contributed by atoms with Crippen molar-refractivity contribution in [3.05, 3.63) is 89.4 Å². The molecule has 0 radical (unpaired) electrons. The van der Waals surface area contributed by atoms with Gasteiger partial charge in [0.05, 0.1) is 17.0 Å². The minimum atomic E-state index is -4.50. The largest absolute Gasteiger partial charge is 0.416 e. The summed E-state index contributed by atoms with van der Waals surface area (Å²) in [6.45, 7) is 0.370. The molecule has 2 aromatic carbocycles. The van der Waals surface area contributed by atoms with Crippen molar-refractivity contribution in [2.24, 2.45) is 0 Å². The van der Waals surface area contributed by atoms with Gasteiger partial charge in [0.1, 0.15) is 10.6 Å². The molecule has 0 saturated carbocycles. The highest BCUT2D eigenvalue weighted by Crippen LogP contribution is 2.32. The highest BCUT2D eigenvalue weighted by atomic mass is 32.2. The molecule has 160 valence electrons. The zero-order valence-corrected chi connectivity index (χ0v) is 17.5. The van der Waals surface area contributed by atoms with Crippen molar-refractivity contribution >= 4 is 27.0 Å². The summed E-state index contributed by atoms with van der Waals surface area (Å²) in [7, 11) is -4.10. The van der Waals surface area contributed by atoms with Gasteiger partial charge in [0, 0.05) is 11.9 Å². The lowest BCUT2D eigenvalue weighted by molar-refractivity contribution is -0.137. The Labute approximate surface area is 180 Å². The Balaban J connectivity index is 1.68. The summed E-state index contributed by atoms with van der Waals surface area (Å²) in [6, 6.07) is 16.8. The Morgan fingerprint density at radius 3 is 2.29 bits per heavy atom. The number of alkyl halides is 3. The fourth-order valence-corrected chi connectivity index (χ4v) is 4.98. The van der Waals surface area contributed by atoms with Gasteiger partial charge in [0.15, 0.2) is 0 Å². The van der Waals surface area contributed by atoms with Crippen molar-refractivity contribution in [1.29, 1.82) is 0 Å². The molecule has 4 aromatic rings. The molecule has 0 aliphatic carbocycles. The molecule has 0 atom stereocenters. The highest BCUT2D eigenvalue weighted by Gasteiger charge is 2.30. The first-order valence-corrected chi connectivity index (χ1v) is 11.4. The predicted octanol–water partition coefficient (Wildman–Crippen LogP) is 5.48. The number of halogens is 3. The number of nitrogens with one attached hydrogen (secondary N) is 1. The SMILES string of the molecule is O=S(=O)(Nc1ccc(C(F)(F)F)cc1)c1cn(Cc2ccccc2)nc1-c1cccs1. The van der Waals surface area contributed by atoms with Crippen LogP contribution >= 0.6 is 11.3 Å². The molecule has 2 heterocycles. The summed E-state index contributed by atoms with van der Waals surface area (Å²) in [5.41, 5.74) is 0.402. The number of sulfonamides is 1. The number of benzene rings is 2. The van der Waals surface area contributed by atoms with E-state index in [4.69, 9.17) is 0 Å². The Hall–Kier alpha value is -3.11. The first-order valence-electron chi connectivity index (χ1n) is 9.08. The quantitative estimate of drug-likeness (QED) is 0.412. The van der Waals surface area contributed by atoms with Crippen molar-refractivity contribution in [3.8, 4) is 10.6 Å². The van der Waals surface area contributed by atoms with Crippen LogP contribution in [0.4, 0.5) is 18.9 Å². The fourth-order valence-electron chi connectivity index (χ4n) is 2.97. The number of nitrogens with zero attached hydrogens (tertiary/aromatic N) is 2. The highest BCUT2D eigenvalue weighted by molar-refractivity contribution is 7.92. The third-order valence-corrected chi connectivity index (χ3v) is 6.68. The second kappa shape index (κ2) is 8.20. The summed E-state index contributed by atoms with van der Waals surface area (Å²) in [4.78, 5) is 0.616. The molecule has 0 spiro atoms. The topological polar surface area (TPSA) is 64.0 Å². The van der Waals surface area contributed by atoms with Crippen LogP contribution in [0.15, 0.2) is 83.2 Å². The summed E-state index contributed by atoms with van der Waals surface area (Å²) in [5.74, 6) is 0. The van der Waals surface area contributed by atoms with Crippen molar-refractivity contribution < 1.29 is 21.6 Å². The van der Waals surface area contributed by atoms with Crippen LogP contribution in [0, 0.1) is 0 Å².